The van der Waals surface area contributed by atoms with E-state index in [9.17, 15) is 4.79 Å². The molecule has 0 saturated carbocycles. The molecule has 1 heterocycles. The van der Waals surface area contributed by atoms with Crippen LogP contribution in [0.1, 0.15) is 31.2 Å². The van der Waals surface area contributed by atoms with Gasteiger partial charge in [0.05, 0.1) is 6.61 Å². The standard InChI is InChI=1S/C13H16O2/c1-2-10-8-13(14)15-9-12(10)11-6-4-3-5-7-11/h3-7,10,12H,2,8-9H2,1H3/t10-,12-/m0/s1. The first-order valence-corrected chi connectivity index (χ1v) is 5.52. The van der Waals surface area contributed by atoms with Gasteiger partial charge < -0.3 is 4.74 Å². The minimum Gasteiger partial charge on any atom is -0.465 e. The molecule has 0 bridgehead atoms. The predicted octanol–water partition coefficient (Wildman–Crippen LogP) is 2.74. The van der Waals surface area contributed by atoms with E-state index in [0.717, 1.165) is 6.42 Å². The Morgan fingerprint density at radius 1 is 1.33 bits per heavy atom. The molecule has 1 fully saturated rings. The van der Waals surface area contributed by atoms with E-state index in [1.807, 2.05) is 18.2 Å². The molecule has 0 spiro atoms. The molecule has 1 aliphatic heterocycles. The van der Waals surface area contributed by atoms with Crippen molar-refractivity contribution in [3.8, 4) is 0 Å². The topological polar surface area (TPSA) is 26.3 Å². The third-order valence-electron chi connectivity index (χ3n) is 3.17. The summed E-state index contributed by atoms with van der Waals surface area (Å²) >= 11 is 0. The van der Waals surface area contributed by atoms with Gasteiger partial charge in [0.15, 0.2) is 0 Å². The van der Waals surface area contributed by atoms with Crippen LogP contribution in [0.25, 0.3) is 0 Å². The molecule has 2 atom stereocenters. The lowest BCUT2D eigenvalue weighted by Gasteiger charge is -2.30. The van der Waals surface area contributed by atoms with Crippen LogP contribution in [-0.2, 0) is 9.53 Å². The molecule has 80 valence electrons. The molecule has 0 unspecified atom stereocenters. The van der Waals surface area contributed by atoms with Crippen LogP contribution in [0, 0.1) is 5.92 Å². The Bertz CT molecular complexity index is 332. The number of ether oxygens (including phenoxy) is 1. The minimum atomic E-state index is -0.0472. The highest BCUT2D eigenvalue weighted by Crippen LogP contribution is 2.33. The molecule has 0 N–H and O–H groups in total. The van der Waals surface area contributed by atoms with Crippen LogP contribution in [0.3, 0.4) is 0 Å². The minimum absolute atomic E-state index is 0.0472. The van der Waals surface area contributed by atoms with Gasteiger partial charge in [-0.25, -0.2) is 0 Å². The third kappa shape index (κ3) is 2.20. The Balaban J connectivity index is 2.17. The summed E-state index contributed by atoms with van der Waals surface area (Å²) in [4.78, 5) is 11.2. The van der Waals surface area contributed by atoms with E-state index >= 15 is 0 Å². The third-order valence-corrected chi connectivity index (χ3v) is 3.17. The van der Waals surface area contributed by atoms with Gasteiger partial charge in [-0.1, -0.05) is 43.7 Å². The number of esters is 1. The first-order chi connectivity index (χ1) is 7.31. The van der Waals surface area contributed by atoms with Crippen molar-refractivity contribution in [3.05, 3.63) is 35.9 Å². The van der Waals surface area contributed by atoms with Crippen molar-refractivity contribution in [2.75, 3.05) is 6.61 Å². The highest BCUT2D eigenvalue weighted by atomic mass is 16.5. The van der Waals surface area contributed by atoms with Gasteiger partial charge in [-0.2, -0.15) is 0 Å². The van der Waals surface area contributed by atoms with Crippen molar-refractivity contribution in [2.24, 2.45) is 5.92 Å². The first kappa shape index (κ1) is 10.2. The van der Waals surface area contributed by atoms with Crippen molar-refractivity contribution in [1.82, 2.24) is 0 Å². The molecule has 1 aromatic rings. The highest BCUT2D eigenvalue weighted by molar-refractivity contribution is 5.70. The van der Waals surface area contributed by atoms with Crippen molar-refractivity contribution in [3.63, 3.8) is 0 Å². The van der Waals surface area contributed by atoms with Gasteiger partial charge in [-0.15, -0.1) is 0 Å². The molecule has 0 aromatic heterocycles. The first-order valence-electron chi connectivity index (χ1n) is 5.52. The van der Waals surface area contributed by atoms with Gasteiger partial charge in [0, 0.05) is 12.3 Å². The second-order valence-corrected chi connectivity index (χ2v) is 4.07. The lowest BCUT2D eigenvalue weighted by Crippen LogP contribution is -2.28. The monoisotopic (exact) mass is 204 g/mol. The van der Waals surface area contributed by atoms with E-state index in [0.29, 0.717) is 24.9 Å². The second-order valence-electron chi connectivity index (χ2n) is 4.07. The lowest BCUT2D eigenvalue weighted by molar-refractivity contribution is -0.150. The number of benzene rings is 1. The van der Waals surface area contributed by atoms with Crippen LogP contribution in [0.5, 0.6) is 0 Å². The Kier molecular flexibility index (Phi) is 3.05. The molecule has 1 aromatic carbocycles. The van der Waals surface area contributed by atoms with Gasteiger partial charge in [-0.3, -0.25) is 4.79 Å². The maximum Gasteiger partial charge on any atom is 0.306 e. The summed E-state index contributed by atoms with van der Waals surface area (Å²) < 4.78 is 5.14. The molecule has 2 nitrogen and oxygen atoms in total. The number of hydrogen-bond acceptors (Lipinski definition) is 2. The van der Waals surface area contributed by atoms with E-state index in [1.165, 1.54) is 5.56 Å². The highest BCUT2D eigenvalue weighted by Gasteiger charge is 2.30. The summed E-state index contributed by atoms with van der Waals surface area (Å²) in [7, 11) is 0. The smallest absolute Gasteiger partial charge is 0.306 e. The van der Waals surface area contributed by atoms with E-state index < -0.39 is 0 Å². The molecule has 0 aliphatic carbocycles. The maximum absolute atomic E-state index is 11.2. The molecule has 0 radical (unpaired) electrons. The van der Waals surface area contributed by atoms with Gasteiger partial charge in [0.25, 0.3) is 0 Å². The Hall–Kier alpha value is -1.31. The normalized spacial score (nSPS) is 26.1. The summed E-state index contributed by atoms with van der Waals surface area (Å²) in [5.41, 5.74) is 1.29. The van der Waals surface area contributed by atoms with Crippen LogP contribution in [-0.4, -0.2) is 12.6 Å². The van der Waals surface area contributed by atoms with Gasteiger partial charge in [-0.05, 0) is 11.5 Å². The second kappa shape index (κ2) is 4.47. The Labute approximate surface area is 90.3 Å². The van der Waals surface area contributed by atoms with E-state index in [4.69, 9.17) is 4.74 Å². The summed E-state index contributed by atoms with van der Waals surface area (Å²) in [5, 5.41) is 0. The molecule has 0 amide bonds. The largest absolute Gasteiger partial charge is 0.465 e. The Morgan fingerprint density at radius 2 is 2.07 bits per heavy atom. The summed E-state index contributed by atoms with van der Waals surface area (Å²) in [5.74, 6) is 0.775. The van der Waals surface area contributed by atoms with Gasteiger partial charge >= 0.3 is 5.97 Å². The predicted molar refractivity (Wildman–Crippen MR) is 58.5 cm³/mol. The van der Waals surface area contributed by atoms with E-state index in [-0.39, 0.29) is 5.97 Å². The molecular weight excluding hydrogens is 188 g/mol. The number of carbonyl (C=O) groups excluding carboxylic acids is 1. The fraction of sp³-hybridized carbons (Fsp3) is 0.462. The fourth-order valence-corrected chi connectivity index (χ4v) is 2.23. The van der Waals surface area contributed by atoms with Crippen LogP contribution in [0.15, 0.2) is 30.3 Å². The van der Waals surface area contributed by atoms with Crippen molar-refractivity contribution in [1.29, 1.82) is 0 Å². The fourth-order valence-electron chi connectivity index (χ4n) is 2.23. The lowest BCUT2D eigenvalue weighted by atomic mass is 9.81. The Morgan fingerprint density at radius 3 is 2.73 bits per heavy atom. The quantitative estimate of drug-likeness (QED) is 0.692. The molecular formula is C13H16O2. The van der Waals surface area contributed by atoms with Crippen LogP contribution in [0.2, 0.25) is 0 Å². The van der Waals surface area contributed by atoms with Gasteiger partial charge in [0.2, 0.25) is 0 Å². The number of carbonyl (C=O) groups is 1. The number of hydrogen-bond donors (Lipinski definition) is 0. The SMILES string of the molecule is CC[C@H]1CC(=O)OC[C@@H]1c1ccccc1. The molecule has 15 heavy (non-hydrogen) atoms. The van der Waals surface area contributed by atoms with E-state index in [2.05, 4.69) is 19.1 Å². The zero-order valence-corrected chi connectivity index (χ0v) is 8.98. The summed E-state index contributed by atoms with van der Waals surface area (Å²) in [6.07, 6.45) is 1.60. The maximum atomic E-state index is 11.2. The zero-order valence-electron chi connectivity index (χ0n) is 8.98. The number of rotatable bonds is 2. The van der Waals surface area contributed by atoms with Crippen molar-refractivity contribution >= 4 is 5.97 Å². The van der Waals surface area contributed by atoms with Crippen LogP contribution >= 0.6 is 0 Å². The molecule has 1 saturated heterocycles. The average Bonchev–Trinajstić information content (AvgIpc) is 2.30. The van der Waals surface area contributed by atoms with E-state index in [1.54, 1.807) is 0 Å². The summed E-state index contributed by atoms with van der Waals surface area (Å²) in [6, 6.07) is 10.3. The average molecular weight is 204 g/mol. The molecule has 2 rings (SSSR count). The molecule has 1 aliphatic rings. The van der Waals surface area contributed by atoms with Crippen molar-refractivity contribution in [2.45, 2.75) is 25.7 Å². The van der Waals surface area contributed by atoms with Gasteiger partial charge in [0.1, 0.15) is 0 Å². The summed E-state index contributed by atoms with van der Waals surface area (Å²) in [6.45, 7) is 2.68. The van der Waals surface area contributed by atoms with Crippen LogP contribution in [0.4, 0.5) is 0 Å². The van der Waals surface area contributed by atoms with Crippen LogP contribution < -0.4 is 0 Å². The molecule has 2 heteroatoms. The van der Waals surface area contributed by atoms with Crippen molar-refractivity contribution < 1.29 is 9.53 Å². The number of cyclic esters (lactones) is 1. The zero-order chi connectivity index (χ0) is 10.7.